The van der Waals surface area contributed by atoms with E-state index in [4.69, 9.17) is 23.8 Å². The number of para-hydroxylation sites is 1. The number of aryl methyl sites for hydroxylation is 1. The number of rotatable bonds is 7. The molecule has 0 spiro atoms. The Morgan fingerprint density at radius 1 is 1.07 bits per heavy atom. The highest BCUT2D eigenvalue weighted by atomic mass is 35.5. The molecule has 1 aliphatic rings. The Labute approximate surface area is 249 Å². The molecule has 3 heterocycles. The average Bonchev–Trinajstić information content (AvgIpc) is 3.44. The standard InChI is InChI=1S/C31H30ClN5O3S/c1-17(2)29(38)34-24-13-12-20(16-23(24)32)37-28(27(35-31(37)41)25-10-7-8-14-33-25)22-15-18(3)36(19(22)4)26-11-6-5-9-21(26)30(39)40/h5-17,27-28H,1-4H3,(H,34,38)(H,35,41)(H,39,40)/t27-,28-/m0/s1. The summed E-state index contributed by atoms with van der Waals surface area (Å²) in [5.74, 6) is -1.31. The van der Waals surface area contributed by atoms with Crippen molar-refractivity contribution in [3.05, 3.63) is 106 Å². The molecule has 210 valence electrons. The molecule has 2 atom stereocenters. The lowest BCUT2D eigenvalue weighted by molar-refractivity contribution is -0.118. The van der Waals surface area contributed by atoms with Gasteiger partial charge in [-0.25, -0.2) is 4.79 Å². The zero-order valence-electron chi connectivity index (χ0n) is 23.1. The number of hydrogen-bond donors (Lipinski definition) is 3. The summed E-state index contributed by atoms with van der Waals surface area (Å²) in [6, 6.07) is 19.6. The number of hydrogen-bond acceptors (Lipinski definition) is 4. The minimum Gasteiger partial charge on any atom is -0.478 e. The molecule has 0 bridgehead atoms. The third-order valence-electron chi connectivity index (χ3n) is 7.28. The summed E-state index contributed by atoms with van der Waals surface area (Å²) in [6.45, 7) is 7.58. The number of amides is 1. The number of carbonyl (C=O) groups excluding carboxylic acids is 1. The van der Waals surface area contributed by atoms with E-state index < -0.39 is 5.97 Å². The maximum absolute atomic E-state index is 12.3. The number of carboxylic acid groups (broad SMARTS) is 1. The lowest BCUT2D eigenvalue weighted by Crippen LogP contribution is -2.29. The maximum atomic E-state index is 12.3. The molecule has 8 nitrogen and oxygen atoms in total. The van der Waals surface area contributed by atoms with Gasteiger partial charge in [0.15, 0.2) is 5.11 Å². The first kappa shape index (κ1) is 28.3. The fraction of sp³-hybridized carbons (Fsp3) is 0.226. The number of nitrogens with zero attached hydrogens (tertiary/aromatic N) is 3. The number of benzene rings is 2. The molecule has 5 rings (SSSR count). The summed E-state index contributed by atoms with van der Waals surface area (Å²) < 4.78 is 1.96. The molecule has 0 radical (unpaired) electrons. The highest BCUT2D eigenvalue weighted by Crippen LogP contribution is 2.45. The Balaban J connectivity index is 1.65. The molecule has 4 aromatic rings. The van der Waals surface area contributed by atoms with Crippen LogP contribution in [0.1, 0.15) is 58.9 Å². The molecule has 0 saturated carbocycles. The Bertz CT molecular complexity index is 1650. The Kier molecular flexibility index (Phi) is 7.84. The number of carbonyl (C=O) groups is 2. The van der Waals surface area contributed by atoms with E-state index in [1.165, 1.54) is 0 Å². The second-order valence-electron chi connectivity index (χ2n) is 10.3. The molecule has 1 aliphatic heterocycles. The average molecular weight is 588 g/mol. The third-order valence-corrected chi connectivity index (χ3v) is 7.90. The Morgan fingerprint density at radius 3 is 2.46 bits per heavy atom. The van der Waals surface area contributed by atoms with Crippen LogP contribution in [0.5, 0.6) is 0 Å². The van der Waals surface area contributed by atoms with Gasteiger partial charge in [0, 0.05) is 29.2 Å². The van der Waals surface area contributed by atoms with Crippen LogP contribution in [0.15, 0.2) is 72.9 Å². The van der Waals surface area contributed by atoms with Crippen molar-refractivity contribution in [3.8, 4) is 5.69 Å². The number of anilines is 2. The summed E-state index contributed by atoms with van der Waals surface area (Å²) in [4.78, 5) is 31.0. The lowest BCUT2D eigenvalue weighted by atomic mass is 9.96. The van der Waals surface area contributed by atoms with Gasteiger partial charge in [-0.15, -0.1) is 0 Å². The minimum atomic E-state index is -0.995. The fourth-order valence-electron chi connectivity index (χ4n) is 5.29. The largest absolute Gasteiger partial charge is 0.478 e. The second-order valence-corrected chi connectivity index (χ2v) is 11.1. The Hall–Kier alpha value is -4.21. The smallest absolute Gasteiger partial charge is 0.337 e. The van der Waals surface area contributed by atoms with Gasteiger partial charge in [-0.1, -0.05) is 43.6 Å². The van der Waals surface area contributed by atoms with Gasteiger partial charge < -0.3 is 25.2 Å². The van der Waals surface area contributed by atoms with Gasteiger partial charge in [0.05, 0.1) is 39.7 Å². The maximum Gasteiger partial charge on any atom is 0.337 e. The quantitative estimate of drug-likeness (QED) is 0.209. The van der Waals surface area contributed by atoms with Crippen LogP contribution in [-0.2, 0) is 4.79 Å². The van der Waals surface area contributed by atoms with Gasteiger partial charge in [0.25, 0.3) is 0 Å². The van der Waals surface area contributed by atoms with Crippen LogP contribution >= 0.6 is 23.8 Å². The highest BCUT2D eigenvalue weighted by molar-refractivity contribution is 7.80. The molecule has 0 aliphatic carbocycles. The van der Waals surface area contributed by atoms with Crippen molar-refractivity contribution in [2.24, 2.45) is 5.92 Å². The highest BCUT2D eigenvalue weighted by Gasteiger charge is 2.42. The minimum absolute atomic E-state index is 0.125. The van der Waals surface area contributed by atoms with Crippen molar-refractivity contribution in [1.82, 2.24) is 14.9 Å². The predicted octanol–water partition coefficient (Wildman–Crippen LogP) is 6.61. The van der Waals surface area contributed by atoms with Gasteiger partial charge in [-0.2, -0.15) is 0 Å². The van der Waals surface area contributed by atoms with E-state index >= 15 is 0 Å². The summed E-state index contributed by atoms with van der Waals surface area (Å²) in [5.41, 5.74) is 5.60. The van der Waals surface area contributed by atoms with Crippen molar-refractivity contribution < 1.29 is 14.7 Å². The molecule has 0 unspecified atom stereocenters. The van der Waals surface area contributed by atoms with Crippen LogP contribution in [0.3, 0.4) is 0 Å². The van der Waals surface area contributed by atoms with E-state index in [0.29, 0.717) is 21.5 Å². The van der Waals surface area contributed by atoms with Crippen molar-refractivity contribution in [3.63, 3.8) is 0 Å². The first-order valence-electron chi connectivity index (χ1n) is 13.2. The number of nitrogens with one attached hydrogen (secondary N) is 2. The molecule has 3 N–H and O–H groups in total. The fourth-order valence-corrected chi connectivity index (χ4v) is 5.86. The van der Waals surface area contributed by atoms with Crippen LogP contribution in [0.25, 0.3) is 5.69 Å². The first-order valence-corrected chi connectivity index (χ1v) is 14.0. The van der Waals surface area contributed by atoms with Gasteiger partial charge in [0.1, 0.15) is 0 Å². The molecule has 1 amide bonds. The lowest BCUT2D eigenvalue weighted by Gasteiger charge is -2.28. The van der Waals surface area contributed by atoms with Gasteiger partial charge >= 0.3 is 5.97 Å². The monoisotopic (exact) mass is 587 g/mol. The summed E-state index contributed by atoms with van der Waals surface area (Å²) in [5, 5.41) is 17.1. The zero-order chi connectivity index (χ0) is 29.4. The first-order chi connectivity index (χ1) is 19.6. The number of aromatic carboxylic acids is 1. The molecule has 2 aromatic heterocycles. The Morgan fingerprint density at radius 2 is 1.80 bits per heavy atom. The predicted molar refractivity (Wildman–Crippen MR) is 165 cm³/mol. The molecule has 1 fully saturated rings. The summed E-state index contributed by atoms with van der Waals surface area (Å²) in [7, 11) is 0. The summed E-state index contributed by atoms with van der Waals surface area (Å²) in [6.07, 6.45) is 1.75. The van der Waals surface area contributed by atoms with E-state index in [9.17, 15) is 14.7 Å². The van der Waals surface area contributed by atoms with Crippen LogP contribution in [-0.4, -0.2) is 31.6 Å². The molecular formula is C31H30ClN5O3S. The van der Waals surface area contributed by atoms with Gasteiger partial charge in [-0.05, 0) is 80.2 Å². The molecule has 41 heavy (non-hydrogen) atoms. The van der Waals surface area contributed by atoms with Crippen molar-refractivity contribution in [1.29, 1.82) is 0 Å². The van der Waals surface area contributed by atoms with Crippen LogP contribution in [0.2, 0.25) is 5.02 Å². The van der Waals surface area contributed by atoms with Crippen molar-refractivity contribution in [2.75, 3.05) is 10.2 Å². The number of thiocarbonyl (C=S) groups is 1. The van der Waals surface area contributed by atoms with Crippen molar-refractivity contribution in [2.45, 2.75) is 39.8 Å². The zero-order valence-corrected chi connectivity index (χ0v) is 24.6. The van der Waals surface area contributed by atoms with Gasteiger partial charge in [0.2, 0.25) is 5.91 Å². The van der Waals surface area contributed by atoms with Gasteiger partial charge in [-0.3, -0.25) is 9.78 Å². The number of pyridine rings is 1. The van der Waals surface area contributed by atoms with Crippen LogP contribution in [0.4, 0.5) is 11.4 Å². The van der Waals surface area contributed by atoms with E-state index in [-0.39, 0.29) is 29.5 Å². The van der Waals surface area contributed by atoms with E-state index in [0.717, 1.165) is 28.3 Å². The van der Waals surface area contributed by atoms with Crippen LogP contribution < -0.4 is 15.5 Å². The molecular weight excluding hydrogens is 558 g/mol. The molecule has 10 heteroatoms. The number of aromatic nitrogens is 2. The van der Waals surface area contributed by atoms with E-state index in [1.807, 2.05) is 73.6 Å². The molecule has 2 aromatic carbocycles. The normalized spacial score (nSPS) is 16.6. The third kappa shape index (κ3) is 5.30. The number of halogens is 1. The molecule has 1 saturated heterocycles. The number of carboxylic acids is 1. The van der Waals surface area contributed by atoms with E-state index in [1.54, 1.807) is 30.5 Å². The SMILES string of the molecule is Cc1cc([C@H]2[C@H](c3ccccn3)NC(=S)N2c2ccc(NC(=O)C(C)C)c(Cl)c2)c(C)n1-c1ccccc1C(=O)O. The second kappa shape index (κ2) is 11.3. The van der Waals surface area contributed by atoms with Crippen LogP contribution in [0, 0.1) is 19.8 Å². The van der Waals surface area contributed by atoms with E-state index in [2.05, 4.69) is 21.7 Å². The topological polar surface area (TPSA) is 99.5 Å². The summed E-state index contributed by atoms with van der Waals surface area (Å²) >= 11 is 12.5. The van der Waals surface area contributed by atoms with Crippen molar-refractivity contribution >= 4 is 52.2 Å².